The Bertz CT molecular complexity index is 493. The van der Waals surface area contributed by atoms with Gasteiger partial charge in [0, 0.05) is 11.6 Å². The molecule has 0 bridgehead atoms. The van der Waals surface area contributed by atoms with Gasteiger partial charge in [0.05, 0.1) is 11.0 Å². The smallest absolute Gasteiger partial charge is 0.230 e. The quantitative estimate of drug-likeness (QED) is 0.897. The van der Waals surface area contributed by atoms with E-state index in [1.807, 2.05) is 32.0 Å². The molecule has 1 saturated carbocycles. The van der Waals surface area contributed by atoms with Crippen LogP contribution < -0.4 is 5.32 Å². The summed E-state index contributed by atoms with van der Waals surface area (Å²) in [5, 5.41) is 13.8. The van der Waals surface area contributed by atoms with Crippen molar-refractivity contribution in [2.45, 2.75) is 50.5 Å². The van der Waals surface area contributed by atoms with Crippen LogP contribution in [0, 0.1) is 0 Å². The van der Waals surface area contributed by atoms with Gasteiger partial charge in [0.25, 0.3) is 0 Å². The first-order valence-corrected chi connectivity index (χ1v) is 7.48. The maximum absolute atomic E-state index is 12.4. The largest absolute Gasteiger partial charge is 0.388 e. The fraction of sp³-hybridized carbons (Fsp3) is 0.562. The van der Waals surface area contributed by atoms with Crippen molar-refractivity contribution < 1.29 is 9.90 Å². The highest BCUT2D eigenvalue weighted by Gasteiger charge is 2.35. The molecular formula is C16H22ClNO2. The highest BCUT2D eigenvalue weighted by atomic mass is 35.5. The minimum atomic E-state index is -0.722. The summed E-state index contributed by atoms with van der Waals surface area (Å²) in [6.45, 7) is 4.06. The Kier molecular flexibility index (Phi) is 4.40. The number of halogens is 1. The summed E-state index contributed by atoms with van der Waals surface area (Å²) in [4.78, 5) is 12.4. The third kappa shape index (κ3) is 3.33. The van der Waals surface area contributed by atoms with Crippen molar-refractivity contribution in [3.05, 3.63) is 34.9 Å². The summed E-state index contributed by atoms with van der Waals surface area (Å²) in [5.41, 5.74) is -0.513. The molecule has 4 heteroatoms. The van der Waals surface area contributed by atoms with Gasteiger partial charge in [-0.05, 0) is 44.4 Å². The van der Waals surface area contributed by atoms with Gasteiger partial charge >= 0.3 is 0 Å². The molecule has 0 saturated heterocycles. The van der Waals surface area contributed by atoms with E-state index < -0.39 is 11.0 Å². The number of amides is 1. The lowest BCUT2D eigenvalue weighted by Gasteiger charge is -2.28. The summed E-state index contributed by atoms with van der Waals surface area (Å²) < 4.78 is 0. The van der Waals surface area contributed by atoms with Crippen LogP contribution in [0.5, 0.6) is 0 Å². The Morgan fingerprint density at radius 2 is 2.05 bits per heavy atom. The monoisotopic (exact) mass is 295 g/mol. The van der Waals surface area contributed by atoms with Crippen LogP contribution in [0.15, 0.2) is 24.3 Å². The number of hydrogen-bond donors (Lipinski definition) is 2. The zero-order chi connectivity index (χ0) is 14.8. The molecule has 1 aliphatic rings. The van der Waals surface area contributed by atoms with Crippen LogP contribution in [0.1, 0.15) is 45.1 Å². The molecule has 1 amide bonds. The van der Waals surface area contributed by atoms with Gasteiger partial charge in [-0.2, -0.15) is 0 Å². The van der Waals surface area contributed by atoms with E-state index in [-0.39, 0.29) is 5.91 Å². The van der Waals surface area contributed by atoms with Crippen molar-refractivity contribution in [2.75, 3.05) is 6.54 Å². The number of rotatable bonds is 4. The molecule has 0 unspecified atom stereocenters. The van der Waals surface area contributed by atoms with Crippen molar-refractivity contribution in [3.63, 3.8) is 0 Å². The summed E-state index contributed by atoms with van der Waals surface area (Å²) in [5.74, 6) is -0.0832. The van der Waals surface area contributed by atoms with Crippen molar-refractivity contribution in [1.29, 1.82) is 0 Å². The maximum Gasteiger partial charge on any atom is 0.230 e. The van der Waals surface area contributed by atoms with Crippen LogP contribution >= 0.6 is 11.6 Å². The van der Waals surface area contributed by atoms with Gasteiger partial charge in [0.1, 0.15) is 0 Å². The summed E-state index contributed by atoms with van der Waals surface area (Å²) in [6, 6.07) is 7.35. The molecule has 1 aromatic rings. The first-order chi connectivity index (χ1) is 9.33. The molecule has 1 aromatic carbocycles. The average molecular weight is 296 g/mol. The average Bonchev–Trinajstić information content (AvgIpc) is 2.83. The van der Waals surface area contributed by atoms with Crippen molar-refractivity contribution in [3.8, 4) is 0 Å². The van der Waals surface area contributed by atoms with E-state index in [2.05, 4.69) is 5.32 Å². The Balaban J connectivity index is 2.03. The Morgan fingerprint density at radius 3 is 2.65 bits per heavy atom. The minimum absolute atomic E-state index is 0.0832. The van der Waals surface area contributed by atoms with Crippen LogP contribution in [0.4, 0.5) is 0 Å². The zero-order valence-electron chi connectivity index (χ0n) is 12.1. The molecule has 0 radical (unpaired) electrons. The van der Waals surface area contributed by atoms with Gasteiger partial charge in [-0.25, -0.2) is 0 Å². The second-order valence-electron chi connectivity index (χ2n) is 6.25. The second-order valence-corrected chi connectivity index (χ2v) is 6.69. The number of carbonyl (C=O) groups is 1. The van der Waals surface area contributed by atoms with Crippen LogP contribution in [0.25, 0.3) is 0 Å². The zero-order valence-corrected chi connectivity index (χ0v) is 12.8. The third-order valence-corrected chi connectivity index (χ3v) is 4.46. The van der Waals surface area contributed by atoms with Crippen molar-refractivity contribution in [2.24, 2.45) is 0 Å². The summed E-state index contributed by atoms with van der Waals surface area (Å²) >= 11 is 5.99. The number of benzene rings is 1. The Hall–Kier alpha value is -1.06. The van der Waals surface area contributed by atoms with Gasteiger partial charge < -0.3 is 10.4 Å². The molecule has 1 fully saturated rings. The molecule has 0 heterocycles. The first kappa shape index (κ1) is 15.3. The number of aliphatic hydroxyl groups is 1. The van der Waals surface area contributed by atoms with E-state index in [1.54, 1.807) is 6.07 Å². The predicted octanol–water partition coefficient (Wildman–Crippen LogP) is 3.04. The van der Waals surface area contributed by atoms with E-state index in [4.69, 9.17) is 11.6 Å². The van der Waals surface area contributed by atoms with Crippen LogP contribution in [-0.2, 0) is 10.2 Å². The number of carbonyl (C=O) groups excluding carboxylic acids is 1. The number of nitrogens with one attached hydrogen (secondary N) is 1. The minimum Gasteiger partial charge on any atom is -0.388 e. The maximum atomic E-state index is 12.4. The highest BCUT2D eigenvalue weighted by Crippen LogP contribution is 2.30. The normalized spacial score (nSPS) is 18.0. The third-order valence-electron chi connectivity index (χ3n) is 4.23. The predicted molar refractivity (Wildman–Crippen MR) is 80.9 cm³/mol. The van der Waals surface area contributed by atoms with Crippen molar-refractivity contribution in [1.82, 2.24) is 5.32 Å². The van der Waals surface area contributed by atoms with Crippen molar-refractivity contribution >= 4 is 17.5 Å². The van der Waals surface area contributed by atoms with Gasteiger partial charge in [-0.3, -0.25) is 4.79 Å². The molecule has 2 N–H and O–H groups in total. The lowest BCUT2D eigenvalue weighted by atomic mass is 9.83. The Morgan fingerprint density at radius 1 is 1.40 bits per heavy atom. The fourth-order valence-corrected chi connectivity index (χ4v) is 2.87. The lowest BCUT2D eigenvalue weighted by molar-refractivity contribution is -0.126. The molecule has 0 aromatic heterocycles. The second kappa shape index (κ2) is 5.74. The summed E-state index contributed by atoms with van der Waals surface area (Å²) in [7, 11) is 0. The summed E-state index contributed by atoms with van der Waals surface area (Å²) in [6.07, 6.45) is 3.60. The molecule has 0 aliphatic heterocycles. The standard InChI is InChI=1S/C16H22ClNO2/c1-15(2,12-6-5-7-13(17)10-12)14(19)18-11-16(20)8-3-4-9-16/h5-7,10,20H,3-4,8-9,11H2,1-2H3,(H,18,19). The molecular weight excluding hydrogens is 274 g/mol. The molecule has 3 nitrogen and oxygen atoms in total. The van der Waals surface area contributed by atoms with Crippen LogP contribution in [0.3, 0.4) is 0 Å². The van der Waals surface area contributed by atoms with E-state index >= 15 is 0 Å². The Labute approximate surface area is 125 Å². The molecule has 110 valence electrons. The van der Waals surface area contributed by atoms with Gasteiger partial charge in [-0.15, -0.1) is 0 Å². The highest BCUT2D eigenvalue weighted by molar-refractivity contribution is 6.30. The fourth-order valence-electron chi connectivity index (χ4n) is 2.68. The lowest BCUT2D eigenvalue weighted by Crippen LogP contribution is -2.47. The van der Waals surface area contributed by atoms with Crippen LogP contribution in [-0.4, -0.2) is 23.2 Å². The van der Waals surface area contributed by atoms with Gasteiger partial charge in [0.15, 0.2) is 0 Å². The molecule has 20 heavy (non-hydrogen) atoms. The molecule has 1 aliphatic carbocycles. The van der Waals surface area contributed by atoms with E-state index in [9.17, 15) is 9.90 Å². The van der Waals surface area contributed by atoms with Crippen LogP contribution in [0.2, 0.25) is 5.02 Å². The first-order valence-electron chi connectivity index (χ1n) is 7.10. The van der Waals surface area contributed by atoms with Gasteiger partial charge in [-0.1, -0.05) is 36.6 Å². The molecule has 0 spiro atoms. The van der Waals surface area contributed by atoms with E-state index in [0.717, 1.165) is 31.2 Å². The SMILES string of the molecule is CC(C)(C(=O)NCC1(O)CCCC1)c1cccc(Cl)c1. The topological polar surface area (TPSA) is 49.3 Å². The van der Waals surface area contributed by atoms with E-state index in [0.29, 0.717) is 11.6 Å². The van der Waals surface area contributed by atoms with E-state index in [1.165, 1.54) is 0 Å². The van der Waals surface area contributed by atoms with Gasteiger partial charge in [0.2, 0.25) is 5.91 Å². The number of hydrogen-bond acceptors (Lipinski definition) is 2. The molecule has 2 rings (SSSR count). The molecule has 0 atom stereocenters.